The molecule has 0 radical (unpaired) electrons. The van der Waals surface area contributed by atoms with Crippen LogP contribution in [0.25, 0.3) is 6.08 Å². The molecule has 0 aromatic heterocycles. The Morgan fingerprint density at radius 2 is 1.81 bits per heavy atom. The van der Waals surface area contributed by atoms with Crippen LogP contribution in [-0.2, 0) is 9.59 Å². The molecule has 1 aliphatic heterocycles. The maximum Gasteiger partial charge on any atom is 0.336 e. The summed E-state index contributed by atoms with van der Waals surface area (Å²) in [5.74, 6) is -1.18. The Hall–Kier alpha value is -4.47. The van der Waals surface area contributed by atoms with Gasteiger partial charge in [0.05, 0.1) is 30.4 Å². The summed E-state index contributed by atoms with van der Waals surface area (Å²) in [6, 6.07) is 9.58. The monoisotopic (exact) mass is 423 g/mol. The second-order valence-electron chi connectivity index (χ2n) is 6.19. The number of nitro groups is 1. The number of carbonyl (C=O) groups is 3. The molecule has 1 N–H and O–H groups in total. The number of anilines is 1. The van der Waals surface area contributed by atoms with Gasteiger partial charge >= 0.3 is 6.03 Å². The van der Waals surface area contributed by atoms with Crippen molar-refractivity contribution in [3.8, 4) is 11.5 Å². The fraction of sp³-hybridized carbons (Fsp3) is 0.0952. The van der Waals surface area contributed by atoms with Crippen LogP contribution in [0.5, 0.6) is 11.5 Å². The first-order valence-corrected chi connectivity index (χ1v) is 8.91. The van der Waals surface area contributed by atoms with Crippen LogP contribution in [0, 0.1) is 10.1 Å². The lowest BCUT2D eigenvalue weighted by Gasteiger charge is -2.27. The number of amides is 4. The van der Waals surface area contributed by atoms with E-state index >= 15 is 0 Å². The van der Waals surface area contributed by atoms with Gasteiger partial charge in [0.2, 0.25) is 0 Å². The number of urea groups is 1. The first-order valence-electron chi connectivity index (χ1n) is 8.91. The second-order valence-corrected chi connectivity index (χ2v) is 6.19. The predicted molar refractivity (Wildman–Crippen MR) is 111 cm³/mol. The number of ether oxygens (including phenoxy) is 2. The zero-order valence-electron chi connectivity index (χ0n) is 16.5. The number of rotatable bonds is 6. The number of imide groups is 2. The van der Waals surface area contributed by atoms with Crippen LogP contribution in [0.2, 0.25) is 0 Å². The van der Waals surface area contributed by atoms with E-state index in [2.05, 4.69) is 5.32 Å². The molecule has 1 aliphatic rings. The number of hydrogen-bond acceptors (Lipinski definition) is 7. The first kappa shape index (κ1) is 21.2. The molecule has 4 amide bonds. The second kappa shape index (κ2) is 8.91. The maximum atomic E-state index is 13.0. The van der Waals surface area contributed by atoms with Crippen LogP contribution in [0.4, 0.5) is 16.2 Å². The molecule has 3 rings (SSSR count). The van der Waals surface area contributed by atoms with Gasteiger partial charge in [-0.05, 0) is 30.4 Å². The molecule has 2 aromatic carbocycles. The number of nitrogens with one attached hydrogen (secondary N) is 1. The number of para-hydroxylation sites is 1. The van der Waals surface area contributed by atoms with Gasteiger partial charge in [0, 0.05) is 12.1 Å². The highest BCUT2D eigenvalue weighted by atomic mass is 16.6. The Morgan fingerprint density at radius 3 is 2.48 bits per heavy atom. The Kier molecular flexibility index (Phi) is 6.10. The van der Waals surface area contributed by atoms with E-state index in [0.29, 0.717) is 5.75 Å². The summed E-state index contributed by atoms with van der Waals surface area (Å²) >= 11 is 0. The molecule has 10 nitrogen and oxygen atoms in total. The van der Waals surface area contributed by atoms with Crippen molar-refractivity contribution < 1.29 is 28.8 Å². The van der Waals surface area contributed by atoms with Crippen LogP contribution in [0.15, 0.2) is 60.2 Å². The van der Waals surface area contributed by atoms with Gasteiger partial charge < -0.3 is 9.47 Å². The van der Waals surface area contributed by atoms with Gasteiger partial charge in [-0.2, -0.15) is 0 Å². The Morgan fingerprint density at radius 1 is 1.06 bits per heavy atom. The fourth-order valence-corrected chi connectivity index (χ4v) is 2.91. The van der Waals surface area contributed by atoms with E-state index in [1.54, 1.807) is 12.1 Å². The number of nitro benzene ring substituents is 1. The van der Waals surface area contributed by atoms with Crippen LogP contribution in [0.3, 0.4) is 0 Å². The summed E-state index contributed by atoms with van der Waals surface area (Å²) in [6.45, 7) is 0. The molecular formula is C21H17N3O7. The number of allylic oxidation sites excluding steroid dienone is 2. The first-order chi connectivity index (χ1) is 14.9. The molecule has 1 heterocycles. The van der Waals surface area contributed by atoms with Crippen molar-refractivity contribution in [3.63, 3.8) is 0 Å². The quantitative estimate of drug-likeness (QED) is 0.327. The Bertz CT molecular complexity index is 1140. The molecule has 0 unspecified atom stereocenters. The van der Waals surface area contributed by atoms with Gasteiger partial charge in [-0.3, -0.25) is 25.0 Å². The normalized spacial score (nSPS) is 15.4. The highest BCUT2D eigenvalue weighted by molar-refractivity contribution is 6.38. The number of nitrogens with zero attached hydrogens (tertiary/aromatic N) is 2. The van der Waals surface area contributed by atoms with E-state index in [0.717, 1.165) is 4.90 Å². The minimum absolute atomic E-state index is 0.0884. The van der Waals surface area contributed by atoms with Crippen LogP contribution in [0.1, 0.15) is 5.56 Å². The molecule has 10 heteroatoms. The zero-order chi connectivity index (χ0) is 22.5. The summed E-state index contributed by atoms with van der Waals surface area (Å²) in [4.78, 5) is 48.9. The van der Waals surface area contributed by atoms with Crippen molar-refractivity contribution in [2.24, 2.45) is 0 Å². The molecule has 0 spiro atoms. The summed E-state index contributed by atoms with van der Waals surface area (Å²) in [5.41, 5.74) is -0.0883. The molecule has 0 aliphatic carbocycles. The molecule has 0 saturated carbocycles. The molecule has 2 aromatic rings. The molecule has 0 atom stereocenters. The molecule has 1 fully saturated rings. The number of hydrogen-bond donors (Lipinski definition) is 1. The Labute approximate surface area is 176 Å². The molecular weight excluding hydrogens is 406 g/mol. The molecule has 1 saturated heterocycles. The minimum Gasteiger partial charge on any atom is -0.497 e. The average molecular weight is 423 g/mol. The van der Waals surface area contributed by atoms with Crippen molar-refractivity contribution in [2.45, 2.75) is 0 Å². The summed E-state index contributed by atoms with van der Waals surface area (Å²) < 4.78 is 10.4. The van der Waals surface area contributed by atoms with Crippen LogP contribution in [-0.4, -0.2) is 37.0 Å². The SMILES string of the molecule is COc1ccc(OC)c(N2C(=O)NC(=O)/C(=C/C=C/c3ccccc3[N+](=O)[O-])C2=O)c1. The van der Waals surface area contributed by atoms with Gasteiger partial charge in [-0.15, -0.1) is 0 Å². The van der Waals surface area contributed by atoms with Crippen molar-refractivity contribution in [3.05, 3.63) is 75.9 Å². The maximum absolute atomic E-state index is 13.0. The highest BCUT2D eigenvalue weighted by Gasteiger charge is 2.38. The topological polar surface area (TPSA) is 128 Å². The number of methoxy groups -OCH3 is 2. The van der Waals surface area contributed by atoms with Gasteiger partial charge in [0.15, 0.2) is 0 Å². The van der Waals surface area contributed by atoms with Crippen molar-refractivity contribution in [1.29, 1.82) is 0 Å². The number of barbiturate groups is 1. The minimum atomic E-state index is -0.943. The van der Waals surface area contributed by atoms with Crippen molar-refractivity contribution >= 4 is 35.3 Å². The standard InChI is InChI=1S/C21H17N3O7/c1-30-14-10-11-18(31-2)17(12-14)23-20(26)15(19(25)22-21(23)27)8-5-7-13-6-3-4-9-16(13)24(28)29/h3-12H,1-2H3,(H,22,25,27)/b7-5+,15-8-. The lowest BCUT2D eigenvalue weighted by Crippen LogP contribution is -2.54. The van der Waals surface area contributed by atoms with E-state index in [9.17, 15) is 24.5 Å². The van der Waals surface area contributed by atoms with E-state index in [-0.39, 0.29) is 28.3 Å². The van der Waals surface area contributed by atoms with Gasteiger partial charge in [0.1, 0.15) is 17.1 Å². The van der Waals surface area contributed by atoms with E-state index < -0.39 is 22.8 Å². The van der Waals surface area contributed by atoms with E-state index in [4.69, 9.17) is 9.47 Å². The van der Waals surface area contributed by atoms with Crippen LogP contribution < -0.4 is 19.7 Å². The predicted octanol–water partition coefficient (Wildman–Crippen LogP) is 2.83. The van der Waals surface area contributed by atoms with Crippen molar-refractivity contribution in [2.75, 3.05) is 19.1 Å². The van der Waals surface area contributed by atoms with Crippen LogP contribution >= 0.6 is 0 Å². The average Bonchev–Trinajstić information content (AvgIpc) is 2.75. The summed E-state index contributed by atoms with van der Waals surface area (Å²) in [7, 11) is 2.79. The van der Waals surface area contributed by atoms with Gasteiger partial charge in [-0.1, -0.05) is 18.2 Å². The smallest absolute Gasteiger partial charge is 0.336 e. The lowest BCUT2D eigenvalue weighted by molar-refractivity contribution is -0.385. The lowest BCUT2D eigenvalue weighted by atomic mass is 10.1. The highest BCUT2D eigenvalue weighted by Crippen LogP contribution is 2.34. The molecule has 158 valence electrons. The number of carbonyl (C=O) groups excluding carboxylic acids is 3. The van der Waals surface area contributed by atoms with Gasteiger partial charge in [0.25, 0.3) is 17.5 Å². The largest absolute Gasteiger partial charge is 0.497 e. The van der Waals surface area contributed by atoms with E-state index in [1.165, 1.54) is 62.8 Å². The molecule has 0 bridgehead atoms. The van der Waals surface area contributed by atoms with Gasteiger partial charge in [-0.25, -0.2) is 9.69 Å². The molecule has 31 heavy (non-hydrogen) atoms. The third-order valence-electron chi connectivity index (χ3n) is 4.40. The third kappa shape index (κ3) is 4.27. The van der Waals surface area contributed by atoms with E-state index in [1.807, 2.05) is 0 Å². The Balaban J connectivity index is 1.98. The fourth-order valence-electron chi connectivity index (χ4n) is 2.91. The summed E-state index contributed by atoms with van der Waals surface area (Å²) in [5, 5.41) is 13.2. The zero-order valence-corrected chi connectivity index (χ0v) is 16.5. The van der Waals surface area contributed by atoms with Crippen molar-refractivity contribution in [1.82, 2.24) is 5.32 Å². The third-order valence-corrected chi connectivity index (χ3v) is 4.40. The number of benzene rings is 2. The summed E-state index contributed by atoms with van der Waals surface area (Å²) in [6.07, 6.45) is 3.89.